The SMILES string of the molecule is C1=C\SCCSCCCSCCSC/1. The summed E-state index contributed by atoms with van der Waals surface area (Å²) in [5.41, 5.74) is 0. The lowest BCUT2D eigenvalue weighted by molar-refractivity contribution is 1.12. The average Bonchev–Trinajstić information content (AvgIpc) is 2.22. The predicted octanol–water partition coefficient (Wildman–Crippen LogP) is 3.84. The third kappa shape index (κ3) is 8.45. The molecular weight excluding hydrogens is 248 g/mol. The fourth-order valence-electron chi connectivity index (χ4n) is 1.02. The van der Waals surface area contributed by atoms with Gasteiger partial charge in [-0.15, -0.1) is 11.8 Å². The van der Waals surface area contributed by atoms with E-state index < -0.39 is 0 Å². The van der Waals surface area contributed by atoms with Crippen LogP contribution >= 0.6 is 47.0 Å². The van der Waals surface area contributed by atoms with Gasteiger partial charge in [-0.1, -0.05) is 6.08 Å². The first-order valence-corrected chi connectivity index (χ1v) is 9.51. The summed E-state index contributed by atoms with van der Waals surface area (Å²) in [4.78, 5) is 0. The van der Waals surface area contributed by atoms with Gasteiger partial charge in [0.05, 0.1) is 0 Å². The lowest BCUT2D eigenvalue weighted by Crippen LogP contribution is -1.92. The molecular formula is C10H18S4. The predicted molar refractivity (Wildman–Crippen MR) is 78.2 cm³/mol. The largest absolute Gasteiger partial charge is 0.161 e. The Kier molecular flexibility index (Phi) is 10.0. The third-order valence-corrected chi connectivity index (χ3v) is 6.10. The van der Waals surface area contributed by atoms with Crippen molar-refractivity contribution in [2.75, 3.05) is 40.3 Å². The lowest BCUT2D eigenvalue weighted by atomic mass is 10.6. The number of thioether (sulfide) groups is 4. The summed E-state index contributed by atoms with van der Waals surface area (Å²) in [6.45, 7) is 0. The minimum Gasteiger partial charge on any atom is -0.161 e. The minimum atomic E-state index is 1.20. The van der Waals surface area contributed by atoms with Crippen molar-refractivity contribution in [2.45, 2.75) is 6.42 Å². The lowest BCUT2D eigenvalue weighted by Gasteiger charge is -2.03. The van der Waals surface area contributed by atoms with E-state index in [2.05, 4.69) is 46.8 Å². The zero-order chi connectivity index (χ0) is 9.90. The number of hydrogen-bond donors (Lipinski definition) is 0. The van der Waals surface area contributed by atoms with Crippen LogP contribution in [-0.2, 0) is 0 Å². The summed E-state index contributed by atoms with van der Waals surface area (Å²) in [7, 11) is 0. The molecule has 0 aromatic carbocycles. The van der Waals surface area contributed by atoms with Crippen LogP contribution in [0.4, 0.5) is 0 Å². The van der Waals surface area contributed by atoms with Crippen LogP contribution in [0.25, 0.3) is 0 Å². The average molecular weight is 267 g/mol. The molecule has 0 amide bonds. The summed E-state index contributed by atoms with van der Waals surface area (Å²) in [5, 5.41) is 2.27. The molecule has 0 fully saturated rings. The van der Waals surface area contributed by atoms with Crippen LogP contribution in [0.5, 0.6) is 0 Å². The van der Waals surface area contributed by atoms with Crippen molar-refractivity contribution in [1.82, 2.24) is 0 Å². The Morgan fingerprint density at radius 3 is 2.29 bits per heavy atom. The van der Waals surface area contributed by atoms with E-state index in [4.69, 9.17) is 0 Å². The van der Waals surface area contributed by atoms with Crippen molar-refractivity contribution in [3.8, 4) is 0 Å². The van der Waals surface area contributed by atoms with E-state index in [1.54, 1.807) is 0 Å². The normalized spacial score (nSPS) is 25.1. The third-order valence-electron chi connectivity index (χ3n) is 1.70. The van der Waals surface area contributed by atoms with Gasteiger partial charge in [0.1, 0.15) is 0 Å². The van der Waals surface area contributed by atoms with Crippen LogP contribution in [0.15, 0.2) is 11.5 Å². The van der Waals surface area contributed by atoms with Crippen LogP contribution in [0.2, 0.25) is 0 Å². The van der Waals surface area contributed by atoms with Crippen molar-refractivity contribution in [3.63, 3.8) is 0 Å². The van der Waals surface area contributed by atoms with E-state index in [-0.39, 0.29) is 0 Å². The Morgan fingerprint density at radius 2 is 1.43 bits per heavy atom. The molecule has 0 spiro atoms. The van der Waals surface area contributed by atoms with Gasteiger partial charge in [0.25, 0.3) is 0 Å². The Balaban J connectivity index is 2.09. The van der Waals surface area contributed by atoms with Gasteiger partial charge in [0, 0.05) is 28.8 Å². The highest BCUT2D eigenvalue weighted by Crippen LogP contribution is 2.14. The molecule has 0 aromatic rings. The zero-order valence-electron chi connectivity index (χ0n) is 8.44. The highest BCUT2D eigenvalue weighted by atomic mass is 32.2. The molecule has 0 bridgehead atoms. The van der Waals surface area contributed by atoms with Crippen molar-refractivity contribution in [3.05, 3.63) is 11.5 Å². The van der Waals surface area contributed by atoms with Crippen LogP contribution in [0.3, 0.4) is 0 Å². The van der Waals surface area contributed by atoms with Crippen molar-refractivity contribution >= 4 is 47.0 Å². The molecule has 1 rings (SSSR count). The second-order valence-corrected chi connectivity index (χ2v) is 7.51. The summed E-state index contributed by atoms with van der Waals surface area (Å²) < 4.78 is 0. The van der Waals surface area contributed by atoms with Crippen LogP contribution in [0.1, 0.15) is 6.42 Å². The molecule has 4 heteroatoms. The van der Waals surface area contributed by atoms with Crippen molar-refractivity contribution in [1.29, 1.82) is 0 Å². The monoisotopic (exact) mass is 266 g/mol. The van der Waals surface area contributed by atoms with Gasteiger partial charge < -0.3 is 0 Å². The molecule has 14 heavy (non-hydrogen) atoms. The second-order valence-electron chi connectivity index (χ2n) is 2.90. The smallest absolute Gasteiger partial charge is 0.0121 e. The maximum Gasteiger partial charge on any atom is 0.0121 e. The Morgan fingerprint density at radius 1 is 0.714 bits per heavy atom. The van der Waals surface area contributed by atoms with Gasteiger partial charge in [-0.3, -0.25) is 0 Å². The molecule has 0 aliphatic carbocycles. The molecule has 0 unspecified atom stereocenters. The fraction of sp³-hybridized carbons (Fsp3) is 0.800. The van der Waals surface area contributed by atoms with Crippen molar-refractivity contribution in [2.24, 2.45) is 0 Å². The van der Waals surface area contributed by atoms with E-state index in [1.165, 1.54) is 46.7 Å². The second kappa shape index (κ2) is 10.7. The first-order chi connectivity index (χ1) is 7.00. The molecule has 0 atom stereocenters. The maximum absolute atomic E-state index is 2.30. The molecule has 82 valence electrons. The highest BCUT2D eigenvalue weighted by molar-refractivity contribution is 8.05. The molecule has 0 N–H and O–H groups in total. The van der Waals surface area contributed by atoms with Crippen LogP contribution in [0, 0.1) is 0 Å². The summed E-state index contributed by atoms with van der Waals surface area (Å²) in [6.07, 6.45) is 3.69. The first-order valence-electron chi connectivity index (χ1n) is 5.00. The minimum absolute atomic E-state index is 1.20. The molecule has 0 nitrogen and oxygen atoms in total. The fourth-order valence-corrected chi connectivity index (χ4v) is 5.00. The van der Waals surface area contributed by atoms with E-state index >= 15 is 0 Å². The molecule has 0 saturated heterocycles. The van der Waals surface area contributed by atoms with Crippen LogP contribution < -0.4 is 0 Å². The van der Waals surface area contributed by atoms with Gasteiger partial charge in [-0.05, 0) is 23.3 Å². The maximum atomic E-state index is 2.30. The van der Waals surface area contributed by atoms with Crippen LogP contribution in [-0.4, -0.2) is 40.3 Å². The van der Waals surface area contributed by atoms with Gasteiger partial charge in [0.2, 0.25) is 0 Å². The van der Waals surface area contributed by atoms with E-state index in [0.29, 0.717) is 0 Å². The molecule has 0 saturated carbocycles. The van der Waals surface area contributed by atoms with E-state index in [1.807, 2.05) is 11.8 Å². The van der Waals surface area contributed by atoms with Gasteiger partial charge >= 0.3 is 0 Å². The Labute approximate surface area is 105 Å². The summed E-state index contributed by atoms with van der Waals surface area (Å²) in [6, 6.07) is 0. The topological polar surface area (TPSA) is 0 Å². The number of rotatable bonds is 0. The Bertz CT molecular complexity index is 131. The standard InChI is InChI=1S/C10H18S4/c1-3-11-7-9-13-5-2-6-14-10-8-12-4-1/h1,3H,2,4-10H2/b3-1-. The van der Waals surface area contributed by atoms with Gasteiger partial charge in [-0.25, -0.2) is 0 Å². The van der Waals surface area contributed by atoms with Gasteiger partial charge in [-0.2, -0.15) is 35.3 Å². The zero-order valence-corrected chi connectivity index (χ0v) is 11.7. The highest BCUT2D eigenvalue weighted by Gasteiger charge is 1.93. The van der Waals surface area contributed by atoms with E-state index in [0.717, 1.165) is 0 Å². The van der Waals surface area contributed by atoms with Gasteiger partial charge in [0.15, 0.2) is 0 Å². The summed E-state index contributed by atoms with van der Waals surface area (Å²) >= 11 is 8.24. The summed E-state index contributed by atoms with van der Waals surface area (Å²) in [5.74, 6) is 9.14. The first kappa shape index (κ1) is 13.2. The molecule has 0 radical (unpaired) electrons. The molecule has 1 aliphatic heterocycles. The number of hydrogen-bond acceptors (Lipinski definition) is 4. The van der Waals surface area contributed by atoms with Crippen molar-refractivity contribution < 1.29 is 0 Å². The molecule has 1 heterocycles. The quantitative estimate of drug-likeness (QED) is 0.653. The van der Waals surface area contributed by atoms with E-state index in [9.17, 15) is 0 Å². The Hall–Kier alpha value is 1.14. The molecule has 0 aromatic heterocycles. The molecule has 1 aliphatic rings.